The van der Waals surface area contributed by atoms with Crippen LogP contribution in [0, 0.1) is 12.8 Å². The minimum atomic E-state index is -3.51. The van der Waals surface area contributed by atoms with E-state index in [4.69, 9.17) is 27.9 Å². The zero-order chi connectivity index (χ0) is 24.2. The molecule has 2 aromatic rings. The van der Waals surface area contributed by atoms with Gasteiger partial charge in [-0.25, -0.2) is 12.7 Å². The normalized spacial score (nSPS) is 16.4. The van der Waals surface area contributed by atoms with Crippen LogP contribution in [-0.4, -0.2) is 38.8 Å². The average Bonchev–Trinajstić information content (AvgIpc) is 2.79. The Hall–Kier alpha value is -1.80. The largest absolute Gasteiger partial charge is 0.496 e. The molecule has 1 atom stereocenters. The molecule has 6 nitrogen and oxygen atoms in total. The molecule has 0 aromatic heterocycles. The summed E-state index contributed by atoms with van der Waals surface area (Å²) in [5.41, 5.74) is 2.64. The Morgan fingerprint density at radius 3 is 2.42 bits per heavy atom. The average molecular weight is 513 g/mol. The predicted octanol–water partition coefficient (Wildman–Crippen LogP) is 5.12. The van der Waals surface area contributed by atoms with Crippen LogP contribution in [-0.2, 0) is 20.6 Å². The van der Waals surface area contributed by atoms with Crippen molar-refractivity contribution in [1.29, 1.82) is 0 Å². The van der Waals surface area contributed by atoms with Crippen molar-refractivity contribution >= 4 is 39.1 Å². The molecule has 9 heteroatoms. The second-order valence-electron chi connectivity index (χ2n) is 8.38. The van der Waals surface area contributed by atoms with E-state index in [1.54, 1.807) is 25.3 Å². The van der Waals surface area contributed by atoms with Crippen molar-refractivity contribution in [2.24, 2.45) is 5.92 Å². The summed E-state index contributed by atoms with van der Waals surface area (Å²) in [5, 5.41) is 3.87. The van der Waals surface area contributed by atoms with E-state index in [1.807, 2.05) is 32.0 Å². The number of piperidine rings is 1. The quantitative estimate of drug-likeness (QED) is 0.532. The monoisotopic (exact) mass is 512 g/mol. The lowest BCUT2D eigenvalue weighted by Gasteiger charge is -2.31. The molecular weight excluding hydrogens is 483 g/mol. The van der Waals surface area contributed by atoms with E-state index in [1.165, 1.54) is 4.31 Å². The molecule has 1 heterocycles. The maximum atomic E-state index is 12.9. The lowest BCUT2D eigenvalue weighted by atomic mass is 9.95. The predicted molar refractivity (Wildman–Crippen MR) is 132 cm³/mol. The van der Waals surface area contributed by atoms with Crippen molar-refractivity contribution in [3.63, 3.8) is 0 Å². The van der Waals surface area contributed by atoms with Crippen LogP contribution >= 0.6 is 23.2 Å². The summed E-state index contributed by atoms with van der Waals surface area (Å²) in [7, 11) is -1.87. The Morgan fingerprint density at radius 1 is 1.15 bits per heavy atom. The van der Waals surface area contributed by atoms with Gasteiger partial charge in [-0.15, -0.1) is 0 Å². The maximum absolute atomic E-state index is 12.9. The zero-order valence-electron chi connectivity index (χ0n) is 19.1. The summed E-state index contributed by atoms with van der Waals surface area (Å²) in [6.45, 7) is 4.65. The van der Waals surface area contributed by atoms with Gasteiger partial charge in [-0.1, -0.05) is 48.3 Å². The highest BCUT2D eigenvalue weighted by Gasteiger charge is 2.32. The van der Waals surface area contributed by atoms with E-state index < -0.39 is 10.0 Å². The number of benzene rings is 2. The van der Waals surface area contributed by atoms with Crippen LogP contribution in [0.4, 0.5) is 0 Å². The smallest absolute Gasteiger partial charge is 0.223 e. The summed E-state index contributed by atoms with van der Waals surface area (Å²) < 4.78 is 32.5. The van der Waals surface area contributed by atoms with E-state index in [0.717, 1.165) is 23.3 Å². The van der Waals surface area contributed by atoms with Gasteiger partial charge in [-0.2, -0.15) is 0 Å². The molecule has 1 saturated heterocycles. The number of halogens is 2. The molecule has 0 saturated carbocycles. The molecule has 180 valence electrons. The standard InChI is InChI=1S/C24H30Cl2N2O4S/c1-4-22(19-6-8-23(32-3)16(2)13-19)27-24(29)18-9-11-28(12-10-18)33(30,31)15-17-5-7-20(25)21(26)14-17/h5-8,13-14,18,22H,4,9-12,15H2,1-3H3,(H,27,29)/t22-/m1/s1. The van der Waals surface area contributed by atoms with Crippen molar-refractivity contribution in [3.8, 4) is 5.75 Å². The Balaban J connectivity index is 1.58. The number of sulfonamides is 1. The number of nitrogens with zero attached hydrogens (tertiary/aromatic N) is 1. The van der Waals surface area contributed by atoms with Gasteiger partial charge in [-0.3, -0.25) is 4.79 Å². The number of methoxy groups -OCH3 is 1. The van der Waals surface area contributed by atoms with Crippen LogP contribution in [0.15, 0.2) is 36.4 Å². The first-order valence-corrected chi connectivity index (χ1v) is 13.4. The molecule has 0 bridgehead atoms. The number of ether oxygens (including phenoxy) is 1. The summed E-state index contributed by atoms with van der Waals surface area (Å²) in [6, 6.07) is 10.7. The van der Waals surface area contributed by atoms with Gasteiger partial charge in [0, 0.05) is 19.0 Å². The third kappa shape index (κ3) is 6.41. The molecule has 2 aromatic carbocycles. The van der Waals surface area contributed by atoms with Crippen LogP contribution in [0.5, 0.6) is 5.75 Å². The minimum absolute atomic E-state index is 0.0307. The molecule has 0 aliphatic carbocycles. The Bertz CT molecular complexity index is 1100. The molecule has 0 radical (unpaired) electrons. The van der Waals surface area contributed by atoms with Crippen molar-refractivity contribution in [2.75, 3.05) is 20.2 Å². The number of rotatable bonds is 8. The van der Waals surface area contributed by atoms with Gasteiger partial charge in [0.25, 0.3) is 0 Å². The number of amides is 1. The van der Waals surface area contributed by atoms with Gasteiger partial charge in [0.2, 0.25) is 15.9 Å². The highest BCUT2D eigenvalue weighted by Crippen LogP contribution is 2.28. The topological polar surface area (TPSA) is 75.7 Å². The molecule has 1 aliphatic rings. The third-order valence-corrected chi connectivity index (χ3v) is 8.69. The summed E-state index contributed by atoms with van der Waals surface area (Å²) in [6.07, 6.45) is 1.74. The molecule has 3 rings (SSSR count). The van der Waals surface area contributed by atoms with Crippen LogP contribution in [0.1, 0.15) is 48.9 Å². The number of hydrogen-bond donors (Lipinski definition) is 1. The van der Waals surface area contributed by atoms with Crippen molar-refractivity contribution < 1.29 is 17.9 Å². The summed E-state index contributed by atoms with van der Waals surface area (Å²) in [4.78, 5) is 12.9. The third-order valence-electron chi connectivity index (χ3n) is 6.10. The van der Waals surface area contributed by atoms with Crippen molar-refractivity contribution in [2.45, 2.75) is 44.9 Å². The van der Waals surface area contributed by atoms with Crippen LogP contribution in [0.3, 0.4) is 0 Å². The van der Waals surface area contributed by atoms with Crippen molar-refractivity contribution in [1.82, 2.24) is 9.62 Å². The maximum Gasteiger partial charge on any atom is 0.223 e. The van der Waals surface area contributed by atoms with E-state index >= 15 is 0 Å². The van der Waals surface area contributed by atoms with Crippen LogP contribution in [0.2, 0.25) is 10.0 Å². The molecule has 0 spiro atoms. The summed E-state index contributed by atoms with van der Waals surface area (Å²) in [5.74, 6) is 0.427. The van der Waals surface area contributed by atoms with E-state index in [0.29, 0.717) is 41.5 Å². The first-order valence-electron chi connectivity index (χ1n) is 11.0. The summed E-state index contributed by atoms with van der Waals surface area (Å²) >= 11 is 11.9. The molecule has 1 fully saturated rings. The van der Waals surface area contributed by atoms with Gasteiger partial charge in [0.1, 0.15) is 5.75 Å². The first kappa shape index (κ1) is 25.8. The minimum Gasteiger partial charge on any atom is -0.496 e. The van der Waals surface area contributed by atoms with E-state index in [-0.39, 0.29) is 23.6 Å². The zero-order valence-corrected chi connectivity index (χ0v) is 21.4. The lowest BCUT2D eigenvalue weighted by Crippen LogP contribution is -2.44. The van der Waals surface area contributed by atoms with Gasteiger partial charge in [-0.05, 0) is 61.1 Å². The second-order valence-corrected chi connectivity index (χ2v) is 11.2. The lowest BCUT2D eigenvalue weighted by molar-refractivity contribution is -0.126. The van der Waals surface area contributed by atoms with Crippen LogP contribution < -0.4 is 10.1 Å². The molecule has 1 N–H and O–H groups in total. The van der Waals surface area contributed by atoms with Crippen LogP contribution in [0.25, 0.3) is 0 Å². The number of carbonyl (C=O) groups excluding carboxylic acids is 1. The SMILES string of the molecule is CC[C@@H](NC(=O)C1CCN(S(=O)(=O)Cc2ccc(Cl)c(Cl)c2)CC1)c1ccc(OC)c(C)c1. The Morgan fingerprint density at radius 2 is 1.85 bits per heavy atom. The van der Waals surface area contributed by atoms with Gasteiger partial charge >= 0.3 is 0 Å². The van der Waals surface area contributed by atoms with Gasteiger partial charge < -0.3 is 10.1 Å². The molecule has 1 aliphatic heterocycles. The molecular formula is C24H30Cl2N2O4S. The van der Waals surface area contributed by atoms with Crippen molar-refractivity contribution in [3.05, 3.63) is 63.1 Å². The number of hydrogen-bond acceptors (Lipinski definition) is 4. The highest BCUT2D eigenvalue weighted by molar-refractivity contribution is 7.88. The van der Waals surface area contributed by atoms with E-state index in [2.05, 4.69) is 5.32 Å². The number of aryl methyl sites for hydroxylation is 1. The van der Waals surface area contributed by atoms with Gasteiger partial charge in [0.05, 0.1) is 28.9 Å². The first-order chi connectivity index (χ1) is 15.6. The number of carbonyl (C=O) groups is 1. The fourth-order valence-electron chi connectivity index (χ4n) is 4.16. The highest BCUT2D eigenvalue weighted by atomic mass is 35.5. The number of nitrogens with one attached hydrogen (secondary N) is 1. The van der Waals surface area contributed by atoms with E-state index in [9.17, 15) is 13.2 Å². The molecule has 33 heavy (non-hydrogen) atoms. The molecule has 1 amide bonds. The fourth-order valence-corrected chi connectivity index (χ4v) is 6.03. The fraction of sp³-hybridized carbons (Fsp3) is 0.458. The second kappa shape index (κ2) is 11.1. The Labute approximate surface area is 206 Å². The van der Waals surface area contributed by atoms with Gasteiger partial charge in [0.15, 0.2) is 0 Å². The molecule has 0 unspecified atom stereocenters. The Kier molecular flexibility index (Phi) is 8.67.